The van der Waals surface area contributed by atoms with Gasteiger partial charge in [0.1, 0.15) is 0 Å². The highest BCUT2D eigenvalue weighted by atomic mass is 16.1. The average Bonchev–Trinajstić information content (AvgIpc) is 2.14. The molecule has 3 heteroatoms. The molecule has 0 aliphatic carbocycles. The summed E-state index contributed by atoms with van der Waals surface area (Å²) in [6.45, 7) is 2.63. The maximum atomic E-state index is 11.1. The average molecular weight is 192 g/mol. The van der Waals surface area contributed by atoms with E-state index in [9.17, 15) is 4.79 Å². The lowest BCUT2D eigenvalue weighted by atomic mass is 10.00. The summed E-state index contributed by atoms with van der Waals surface area (Å²) >= 11 is 0. The van der Waals surface area contributed by atoms with Crippen LogP contribution in [0.25, 0.3) is 0 Å². The fourth-order valence-corrected chi connectivity index (χ4v) is 1.46. The minimum Gasteiger partial charge on any atom is -0.366 e. The van der Waals surface area contributed by atoms with Crippen LogP contribution < -0.4 is 11.5 Å². The quantitative estimate of drug-likeness (QED) is 0.746. The third-order valence-corrected chi connectivity index (χ3v) is 2.18. The van der Waals surface area contributed by atoms with Crippen molar-refractivity contribution in [1.29, 1.82) is 0 Å². The summed E-state index contributed by atoms with van der Waals surface area (Å²) in [5, 5.41) is 0. The van der Waals surface area contributed by atoms with Crippen molar-refractivity contribution in [3.05, 3.63) is 34.9 Å². The Labute approximate surface area is 84.1 Å². The first kappa shape index (κ1) is 10.7. The molecule has 0 aromatic heterocycles. The molecular formula is C11H16N2O. The lowest BCUT2D eigenvalue weighted by molar-refractivity contribution is 0.0999. The van der Waals surface area contributed by atoms with Crippen LogP contribution in [0.5, 0.6) is 0 Å². The molecule has 0 fully saturated rings. The number of amides is 1. The molecule has 1 aromatic carbocycles. The van der Waals surface area contributed by atoms with Gasteiger partial charge < -0.3 is 11.5 Å². The van der Waals surface area contributed by atoms with Crippen molar-refractivity contribution in [1.82, 2.24) is 0 Å². The molecule has 3 nitrogen and oxygen atoms in total. The van der Waals surface area contributed by atoms with Gasteiger partial charge in [-0.2, -0.15) is 0 Å². The maximum absolute atomic E-state index is 11.1. The van der Waals surface area contributed by atoms with Crippen molar-refractivity contribution in [3.63, 3.8) is 0 Å². The second-order valence-corrected chi connectivity index (χ2v) is 3.42. The van der Waals surface area contributed by atoms with E-state index in [1.807, 2.05) is 19.1 Å². The van der Waals surface area contributed by atoms with Crippen LogP contribution in [-0.4, -0.2) is 12.5 Å². The molecule has 0 atom stereocenters. The third kappa shape index (κ3) is 2.57. The Kier molecular flexibility index (Phi) is 3.65. The summed E-state index contributed by atoms with van der Waals surface area (Å²) in [5.41, 5.74) is 13.4. The lowest BCUT2D eigenvalue weighted by Crippen LogP contribution is -2.14. The number of hydrogen-bond donors (Lipinski definition) is 2. The van der Waals surface area contributed by atoms with Gasteiger partial charge in [-0.05, 0) is 37.9 Å². The molecule has 1 aromatic rings. The van der Waals surface area contributed by atoms with Gasteiger partial charge in [0.05, 0.1) is 0 Å². The zero-order valence-corrected chi connectivity index (χ0v) is 8.42. The monoisotopic (exact) mass is 192 g/mol. The molecule has 4 N–H and O–H groups in total. The van der Waals surface area contributed by atoms with E-state index >= 15 is 0 Å². The molecule has 0 aliphatic heterocycles. The van der Waals surface area contributed by atoms with Crippen molar-refractivity contribution in [2.75, 3.05) is 6.54 Å². The molecule has 0 unspecified atom stereocenters. The number of nitrogens with two attached hydrogens (primary N) is 2. The van der Waals surface area contributed by atoms with Gasteiger partial charge in [0.15, 0.2) is 0 Å². The zero-order valence-electron chi connectivity index (χ0n) is 8.42. The van der Waals surface area contributed by atoms with Gasteiger partial charge in [-0.15, -0.1) is 0 Å². The third-order valence-electron chi connectivity index (χ3n) is 2.18. The van der Waals surface area contributed by atoms with Gasteiger partial charge in [-0.3, -0.25) is 4.79 Å². The van der Waals surface area contributed by atoms with E-state index in [1.165, 1.54) is 0 Å². The molecule has 0 aliphatic rings. The summed E-state index contributed by atoms with van der Waals surface area (Å²) in [7, 11) is 0. The summed E-state index contributed by atoms with van der Waals surface area (Å²) in [5.74, 6) is -0.364. The van der Waals surface area contributed by atoms with Gasteiger partial charge in [0.25, 0.3) is 0 Å². The highest BCUT2D eigenvalue weighted by Crippen LogP contribution is 2.13. The summed E-state index contributed by atoms with van der Waals surface area (Å²) in [6.07, 6.45) is 1.69. The van der Waals surface area contributed by atoms with Gasteiger partial charge in [0, 0.05) is 5.56 Å². The first-order chi connectivity index (χ1) is 6.65. The van der Waals surface area contributed by atoms with E-state index in [0.717, 1.165) is 24.0 Å². The molecule has 76 valence electrons. The van der Waals surface area contributed by atoms with E-state index < -0.39 is 0 Å². The fourth-order valence-electron chi connectivity index (χ4n) is 1.46. The van der Waals surface area contributed by atoms with Gasteiger partial charge in [-0.25, -0.2) is 0 Å². The second-order valence-electron chi connectivity index (χ2n) is 3.42. The standard InChI is InChI=1S/C11H16N2O/c1-8-4-5-10(11(13)14)9(7-8)3-2-6-12/h4-5,7H,2-3,6,12H2,1H3,(H2,13,14). The Hall–Kier alpha value is -1.35. The molecule has 0 heterocycles. The Balaban J connectivity index is 2.97. The Bertz CT molecular complexity index is 334. The Morgan fingerprint density at radius 2 is 2.14 bits per heavy atom. The maximum Gasteiger partial charge on any atom is 0.248 e. The van der Waals surface area contributed by atoms with E-state index in [0.29, 0.717) is 12.1 Å². The van der Waals surface area contributed by atoms with E-state index in [2.05, 4.69) is 0 Å². The zero-order chi connectivity index (χ0) is 10.6. The molecule has 0 bridgehead atoms. The number of hydrogen-bond acceptors (Lipinski definition) is 2. The van der Waals surface area contributed by atoms with Gasteiger partial charge in [-0.1, -0.05) is 17.7 Å². The molecule has 0 saturated carbocycles. The highest BCUT2D eigenvalue weighted by Gasteiger charge is 2.07. The van der Waals surface area contributed by atoms with E-state index in [4.69, 9.17) is 11.5 Å². The number of primary amides is 1. The van der Waals surface area contributed by atoms with Crippen molar-refractivity contribution in [3.8, 4) is 0 Å². The van der Waals surface area contributed by atoms with Crippen LogP contribution in [0.1, 0.15) is 27.9 Å². The Morgan fingerprint density at radius 3 is 2.71 bits per heavy atom. The molecule has 0 radical (unpaired) electrons. The van der Waals surface area contributed by atoms with Crippen molar-refractivity contribution in [2.24, 2.45) is 11.5 Å². The molecular weight excluding hydrogens is 176 g/mol. The van der Waals surface area contributed by atoms with Crippen LogP contribution >= 0.6 is 0 Å². The summed E-state index contributed by atoms with van der Waals surface area (Å²) in [4.78, 5) is 11.1. The van der Waals surface area contributed by atoms with Crippen LogP contribution in [0.2, 0.25) is 0 Å². The first-order valence-corrected chi connectivity index (χ1v) is 4.74. The second kappa shape index (κ2) is 4.77. The normalized spacial score (nSPS) is 10.1. The number of carbonyl (C=O) groups excluding carboxylic acids is 1. The number of carbonyl (C=O) groups is 1. The van der Waals surface area contributed by atoms with Crippen molar-refractivity contribution in [2.45, 2.75) is 19.8 Å². The topological polar surface area (TPSA) is 69.1 Å². The van der Waals surface area contributed by atoms with Crippen LogP contribution in [0.4, 0.5) is 0 Å². The minimum absolute atomic E-state index is 0.364. The Morgan fingerprint density at radius 1 is 1.43 bits per heavy atom. The molecule has 1 rings (SSSR count). The SMILES string of the molecule is Cc1ccc(C(N)=O)c(CCCN)c1. The number of benzene rings is 1. The van der Waals surface area contributed by atoms with Crippen molar-refractivity contribution >= 4 is 5.91 Å². The minimum atomic E-state index is -0.364. The molecule has 0 saturated heterocycles. The molecule has 0 spiro atoms. The lowest BCUT2D eigenvalue weighted by Gasteiger charge is -2.06. The highest BCUT2D eigenvalue weighted by molar-refractivity contribution is 5.94. The van der Waals surface area contributed by atoms with Crippen LogP contribution in [-0.2, 0) is 6.42 Å². The molecule has 1 amide bonds. The van der Waals surface area contributed by atoms with Gasteiger partial charge >= 0.3 is 0 Å². The number of aryl methyl sites for hydroxylation is 2. The van der Waals surface area contributed by atoms with Gasteiger partial charge in [0.2, 0.25) is 5.91 Å². The predicted molar refractivity (Wildman–Crippen MR) is 57.1 cm³/mol. The summed E-state index contributed by atoms with van der Waals surface area (Å²) < 4.78 is 0. The smallest absolute Gasteiger partial charge is 0.248 e. The summed E-state index contributed by atoms with van der Waals surface area (Å²) in [6, 6.07) is 5.67. The fraction of sp³-hybridized carbons (Fsp3) is 0.364. The van der Waals surface area contributed by atoms with Crippen LogP contribution in [0, 0.1) is 6.92 Å². The van der Waals surface area contributed by atoms with Crippen LogP contribution in [0.15, 0.2) is 18.2 Å². The largest absolute Gasteiger partial charge is 0.366 e. The molecule has 14 heavy (non-hydrogen) atoms. The van der Waals surface area contributed by atoms with Crippen molar-refractivity contribution < 1.29 is 4.79 Å². The van der Waals surface area contributed by atoms with E-state index in [1.54, 1.807) is 6.07 Å². The number of rotatable bonds is 4. The van der Waals surface area contributed by atoms with E-state index in [-0.39, 0.29) is 5.91 Å². The van der Waals surface area contributed by atoms with Crippen LogP contribution in [0.3, 0.4) is 0 Å². The first-order valence-electron chi connectivity index (χ1n) is 4.74. The predicted octanol–water partition coefficient (Wildman–Crippen LogP) is 0.985.